The zero-order valence-corrected chi connectivity index (χ0v) is 21.2. The van der Waals surface area contributed by atoms with Gasteiger partial charge in [0.15, 0.2) is 0 Å². The van der Waals surface area contributed by atoms with Crippen LogP contribution >= 0.6 is 23.2 Å². The molecule has 0 bridgehead atoms. The summed E-state index contributed by atoms with van der Waals surface area (Å²) in [7, 11) is 1.34. The number of hydrogen-bond acceptors (Lipinski definition) is 6. The fourth-order valence-corrected chi connectivity index (χ4v) is 4.91. The number of nitrogens with zero attached hydrogens (tertiary/aromatic N) is 2. The summed E-state index contributed by atoms with van der Waals surface area (Å²) in [6, 6.07) is 7.47. The maximum absolute atomic E-state index is 12.9. The number of ether oxygens (including phenoxy) is 2. The van der Waals surface area contributed by atoms with Crippen molar-refractivity contribution in [3.05, 3.63) is 40.5 Å². The summed E-state index contributed by atoms with van der Waals surface area (Å²) in [5.74, 6) is 0.410. The van der Waals surface area contributed by atoms with Crippen LogP contribution in [0.3, 0.4) is 0 Å². The molecular formula is C25H30Cl2N4O4. The lowest BCUT2D eigenvalue weighted by Gasteiger charge is -2.30. The Morgan fingerprint density at radius 3 is 2.69 bits per heavy atom. The highest BCUT2D eigenvalue weighted by Gasteiger charge is 2.29. The normalized spacial score (nSPS) is 18.7. The lowest BCUT2D eigenvalue weighted by molar-refractivity contribution is -0.121. The number of carbonyl (C=O) groups excluding carboxylic acids is 2. The van der Waals surface area contributed by atoms with Gasteiger partial charge in [0.05, 0.1) is 18.1 Å². The van der Waals surface area contributed by atoms with Gasteiger partial charge in [0, 0.05) is 60.9 Å². The first kappa shape index (κ1) is 25.5. The van der Waals surface area contributed by atoms with Crippen molar-refractivity contribution in [3.8, 4) is 11.1 Å². The molecule has 3 heterocycles. The van der Waals surface area contributed by atoms with Gasteiger partial charge in [-0.15, -0.1) is 0 Å². The molecule has 2 aliphatic rings. The zero-order chi connectivity index (χ0) is 24.8. The Hall–Kier alpha value is -2.55. The minimum Gasteiger partial charge on any atom is -0.453 e. The summed E-state index contributed by atoms with van der Waals surface area (Å²) in [6.45, 7) is 3.37. The third-order valence-electron chi connectivity index (χ3n) is 6.52. The van der Waals surface area contributed by atoms with E-state index in [9.17, 15) is 9.59 Å². The Balaban J connectivity index is 1.47. The fraction of sp³-hybridized carbons (Fsp3) is 0.480. The average molecular weight is 521 g/mol. The number of nitrogens with one attached hydrogen (secondary N) is 2. The number of piperidine rings is 1. The van der Waals surface area contributed by atoms with Crippen molar-refractivity contribution in [1.82, 2.24) is 9.88 Å². The van der Waals surface area contributed by atoms with Crippen molar-refractivity contribution in [1.29, 1.82) is 0 Å². The molecule has 4 rings (SSSR count). The van der Waals surface area contributed by atoms with Gasteiger partial charge in [-0.2, -0.15) is 0 Å². The van der Waals surface area contributed by atoms with Crippen molar-refractivity contribution in [3.63, 3.8) is 0 Å². The second-order valence-corrected chi connectivity index (χ2v) is 9.74. The third-order valence-corrected chi connectivity index (χ3v) is 7.15. The highest BCUT2D eigenvalue weighted by atomic mass is 35.5. The summed E-state index contributed by atoms with van der Waals surface area (Å²) < 4.78 is 10.2. The van der Waals surface area contributed by atoms with Crippen LogP contribution in [0.2, 0.25) is 10.0 Å². The summed E-state index contributed by atoms with van der Waals surface area (Å²) in [6.07, 6.45) is 4.60. The minimum atomic E-state index is -0.422. The molecule has 1 atom stereocenters. The first-order valence-corrected chi connectivity index (χ1v) is 12.6. The Labute approximate surface area is 215 Å². The topological polar surface area (TPSA) is 92.8 Å². The van der Waals surface area contributed by atoms with Crippen molar-refractivity contribution in [2.75, 3.05) is 50.6 Å². The average Bonchev–Trinajstić information content (AvgIpc) is 2.89. The Morgan fingerprint density at radius 2 is 1.91 bits per heavy atom. The predicted octanol–water partition coefficient (Wildman–Crippen LogP) is 5.31. The van der Waals surface area contributed by atoms with Crippen LogP contribution in [0.25, 0.3) is 11.1 Å². The van der Waals surface area contributed by atoms with Crippen LogP contribution in [0.1, 0.15) is 25.7 Å². The highest BCUT2D eigenvalue weighted by molar-refractivity contribution is 6.36. The third kappa shape index (κ3) is 6.57. The van der Waals surface area contributed by atoms with Crippen LogP contribution in [-0.4, -0.2) is 61.8 Å². The van der Waals surface area contributed by atoms with E-state index in [0.717, 1.165) is 50.3 Å². The lowest BCUT2D eigenvalue weighted by Crippen LogP contribution is -2.43. The van der Waals surface area contributed by atoms with Gasteiger partial charge in [0.25, 0.3) is 0 Å². The molecule has 2 amide bonds. The van der Waals surface area contributed by atoms with Gasteiger partial charge in [-0.3, -0.25) is 4.79 Å². The number of amides is 2. The number of pyridine rings is 1. The number of likely N-dealkylation sites (tertiary alicyclic amines) is 1. The van der Waals surface area contributed by atoms with E-state index in [0.29, 0.717) is 46.9 Å². The Kier molecular flexibility index (Phi) is 8.70. The Morgan fingerprint density at radius 1 is 1.14 bits per heavy atom. The van der Waals surface area contributed by atoms with E-state index in [1.165, 1.54) is 13.3 Å². The molecule has 2 N–H and O–H groups in total. The summed E-state index contributed by atoms with van der Waals surface area (Å²) in [5, 5.41) is 7.35. The van der Waals surface area contributed by atoms with E-state index < -0.39 is 6.09 Å². The van der Waals surface area contributed by atoms with Crippen molar-refractivity contribution in [2.45, 2.75) is 25.7 Å². The van der Waals surface area contributed by atoms with E-state index in [4.69, 9.17) is 32.7 Å². The molecule has 2 saturated heterocycles. The second kappa shape index (κ2) is 11.9. The maximum Gasteiger partial charge on any atom is 0.409 e. The van der Waals surface area contributed by atoms with Crippen LogP contribution in [0.15, 0.2) is 30.5 Å². The maximum atomic E-state index is 12.9. The number of hydrogen-bond donors (Lipinski definition) is 2. The molecule has 1 aromatic heterocycles. The lowest BCUT2D eigenvalue weighted by atomic mass is 9.97. The molecule has 35 heavy (non-hydrogen) atoms. The van der Waals surface area contributed by atoms with E-state index in [-0.39, 0.29) is 11.8 Å². The van der Waals surface area contributed by atoms with Gasteiger partial charge < -0.3 is 25.0 Å². The largest absolute Gasteiger partial charge is 0.453 e. The number of aromatic nitrogens is 1. The van der Waals surface area contributed by atoms with Crippen LogP contribution in [-0.2, 0) is 14.3 Å². The molecule has 0 spiro atoms. The standard InChI is InChI=1S/C25H30Cl2N4O4/c1-34-25(33)31-8-2-3-17(15-31)24(32)30-23-12-20(22(27)14-29-23)19-11-18(4-5-21(19)26)28-13-16-6-9-35-10-7-16/h4-5,11-12,14,16-17,28H,2-3,6-10,13,15H2,1H3,(H,29,30,32)/t17-/m0/s1. The first-order chi connectivity index (χ1) is 16.9. The van der Waals surface area contributed by atoms with Crippen LogP contribution in [0.4, 0.5) is 16.3 Å². The van der Waals surface area contributed by atoms with Crippen LogP contribution in [0, 0.1) is 11.8 Å². The summed E-state index contributed by atoms with van der Waals surface area (Å²) in [5.41, 5.74) is 2.37. The van der Waals surface area contributed by atoms with E-state index in [1.54, 1.807) is 11.0 Å². The molecule has 10 heteroatoms. The number of halogens is 2. The van der Waals surface area contributed by atoms with E-state index in [1.807, 2.05) is 18.2 Å². The number of anilines is 2. The number of rotatable bonds is 6. The second-order valence-electron chi connectivity index (χ2n) is 8.93. The summed E-state index contributed by atoms with van der Waals surface area (Å²) in [4.78, 5) is 30.6. The molecular weight excluding hydrogens is 491 g/mol. The Bertz CT molecular complexity index is 1060. The molecule has 8 nitrogen and oxygen atoms in total. The smallest absolute Gasteiger partial charge is 0.409 e. The van der Waals surface area contributed by atoms with Gasteiger partial charge in [-0.25, -0.2) is 9.78 Å². The van der Waals surface area contributed by atoms with Gasteiger partial charge in [-0.05, 0) is 55.9 Å². The molecule has 0 saturated carbocycles. The van der Waals surface area contributed by atoms with Crippen molar-refractivity contribution >= 4 is 46.7 Å². The predicted molar refractivity (Wildman–Crippen MR) is 137 cm³/mol. The van der Waals surface area contributed by atoms with Gasteiger partial charge in [0.2, 0.25) is 5.91 Å². The van der Waals surface area contributed by atoms with Gasteiger partial charge in [-0.1, -0.05) is 23.2 Å². The highest BCUT2D eigenvalue weighted by Crippen LogP contribution is 2.36. The number of methoxy groups -OCH3 is 1. The molecule has 188 valence electrons. The fourth-order valence-electron chi connectivity index (χ4n) is 4.48. The summed E-state index contributed by atoms with van der Waals surface area (Å²) >= 11 is 13.0. The van der Waals surface area contributed by atoms with E-state index in [2.05, 4.69) is 15.6 Å². The molecule has 0 unspecified atom stereocenters. The van der Waals surface area contributed by atoms with Gasteiger partial charge in [0.1, 0.15) is 5.82 Å². The SMILES string of the molecule is COC(=O)N1CCC[C@H](C(=O)Nc2cc(-c3cc(NCC4CCOCC4)ccc3Cl)c(Cl)cn2)C1. The quantitative estimate of drug-likeness (QED) is 0.535. The minimum absolute atomic E-state index is 0.197. The number of carbonyl (C=O) groups is 2. The zero-order valence-electron chi connectivity index (χ0n) is 19.7. The molecule has 2 fully saturated rings. The van der Waals surface area contributed by atoms with Crippen molar-refractivity contribution in [2.24, 2.45) is 11.8 Å². The molecule has 2 aliphatic heterocycles. The molecule has 0 radical (unpaired) electrons. The first-order valence-electron chi connectivity index (χ1n) is 11.9. The van der Waals surface area contributed by atoms with Crippen LogP contribution < -0.4 is 10.6 Å². The van der Waals surface area contributed by atoms with Crippen molar-refractivity contribution < 1.29 is 19.1 Å². The van der Waals surface area contributed by atoms with E-state index >= 15 is 0 Å². The van der Waals surface area contributed by atoms with Crippen LogP contribution in [0.5, 0.6) is 0 Å². The number of benzene rings is 1. The molecule has 1 aromatic carbocycles. The van der Waals surface area contributed by atoms with Gasteiger partial charge >= 0.3 is 6.09 Å². The molecule has 2 aromatic rings. The molecule has 0 aliphatic carbocycles. The monoisotopic (exact) mass is 520 g/mol.